The largest absolute Gasteiger partial charge is 0.473 e. The van der Waals surface area contributed by atoms with Gasteiger partial charge in [-0.2, -0.15) is 4.98 Å². The number of hydrogen-bond donors (Lipinski definition) is 0. The van der Waals surface area contributed by atoms with Crippen molar-refractivity contribution in [1.82, 2.24) is 9.88 Å². The van der Waals surface area contributed by atoms with E-state index in [9.17, 15) is 14.0 Å². The fraction of sp³-hybridized carbons (Fsp3) is 0.162. The van der Waals surface area contributed by atoms with Crippen molar-refractivity contribution >= 4 is 17.5 Å². The quantitative estimate of drug-likeness (QED) is 0.188. The molecule has 0 aliphatic carbocycles. The van der Waals surface area contributed by atoms with Gasteiger partial charge in [0.05, 0.1) is 12.6 Å². The van der Waals surface area contributed by atoms with E-state index in [0.717, 1.165) is 22.3 Å². The molecule has 7 nitrogen and oxygen atoms in total. The van der Waals surface area contributed by atoms with E-state index in [2.05, 4.69) is 4.98 Å². The molecule has 0 saturated carbocycles. The second-order valence-corrected chi connectivity index (χ2v) is 11.2. The molecular formula is C37H30FN3O4. The molecule has 2 aliphatic rings. The maximum absolute atomic E-state index is 14.5. The van der Waals surface area contributed by atoms with Crippen molar-refractivity contribution in [1.29, 1.82) is 0 Å². The molecule has 0 saturated heterocycles. The smallest absolute Gasteiger partial charge is 0.259 e. The molecule has 0 radical (unpaired) electrons. The molecule has 45 heavy (non-hydrogen) atoms. The summed E-state index contributed by atoms with van der Waals surface area (Å²) in [5.41, 5.74) is 5.51. The van der Waals surface area contributed by atoms with Gasteiger partial charge >= 0.3 is 0 Å². The molecule has 4 aromatic carbocycles. The summed E-state index contributed by atoms with van der Waals surface area (Å²) in [5, 5.41) is 0. The molecule has 1 atom stereocenters. The van der Waals surface area contributed by atoms with Gasteiger partial charge in [-0.05, 0) is 59.5 Å². The standard InChI is InChI=1S/C37H30FN3O4/c1-24-29-13-8-14-32(38)31(29)21-40(24)36(42)27-15-16-30-28(19-27)20-41(37(30)43)33-17-18-34(44-22-25-9-4-2-5-10-25)39-35(33)45-23-26-11-6-3-7-12-26/h2-19,24H,20-23H2,1H3/t24-/m1/s1. The van der Waals surface area contributed by atoms with Crippen LogP contribution in [0.4, 0.5) is 10.1 Å². The van der Waals surface area contributed by atoms with E-state index in [4.69, 9.17) is 9.47 Å². The van der Waals surface area contributed by atoms with E-state index in [1.807, 2.05) is 73.7 Å². The number of carbonyl (C=O) groups is 2. The van der Waals surface area contributed by atoms with E-state index < -0.39 is 0 Å². The monoisotopic (exact) mass is 599 g/mol. The zero-order chi connectivity index (χ0) is 30.9. The third-order valence-electron chi connectivity index (χ3n) is 8.37. The molecule has 7 rings (SSSR count). The van der Waals surface area contributed by atoms with Crippen LogP contribution in [-0.2, 0) is 26.3 Å². The maximum Gasteiger partial charge on any atom is 0.259 e. The topological polar surface area (TPSA) is 72.0 Å². The van der Waals surface area contributed by atoms with Gasteiger partial charge in [-0.15, -0.1) is 0 Å². The number of nitrogens with zero attached hydrogens (tertiary/aromatic N) is 3. The molecule has 0 spiro atoms. The van der Waals surface area contributed by atoms with Crippen molar-refractivity contribution in [2.24, 2.45) is 0 Å². The van der Waals surface area contributed by atoms with Crippen molar-refractivity contribution in [2.45, 2.75) is 39.3 Å². The highest BCUT2D eigenvalue weighted by molar-refractivity contribution is 6.11. The van der Waals surface area contributed by atoms with Gasteiger partial charge in [0.25, 0.3) is 11.8 Å². The highest BCUT2D eigenvalue weighted by Crippen LogP contribution is 2.38. The SMILES string of the molecule is C[C@@H]1c2cccc(F)c2CN1C(=O)c1ccc2c(c1)CN(c1ccc(OCc3ccccc3)nc1OCc1ccccc1)C2=O. The zero-order valence-electron chi connectivity index (χ0n) is 24.7. The third-order valence-corrected chi connectivity index (χ3v) is 8.37. The number of fused-ring (bicyclic) bond motifs is 2. The Morgan fingerprint density at radius 3 is 2.27 bits per heavy atom. The number of anilines is 1. The molecule has 0 fully saturated rings. The lowest BCUT2D eigenvalue weighted by molar-refractivity contribution is 0.0704. The van der Waals surface area contributed by atoms with E-state index in [0.29, 0.717) is 34.9 Å². The summed E-state index contributed by atoms with van der Waals surface area (Å²) in [4.78, 5) is 35.2. The van der Waals surface area contributed by atoms with Gasteiger partial charge in [-0.1, -0.05) is 72.8 Å². The van der Waals surface area contributed by atoms with Gasteiger partial charge in [0.1, 0.15) is 24.7 Å². The number of aromatic nitrogens is 1. The lowest BCUT2D eigenvalue weighted by atomic mass is 10.0. The van der Waals surface area contributed by atoms with Gasteiger partial charge in [0.15, 0.2) is 0 Å². The minimum Gasteiger partial charge on any atom is -0.473 e. The minimum absolute atomic E-state index is 0.205. The van der Waals surface area contributed by atoms with E-state index in [-0.39, 0.29) is 49.2 Å². The predicted molar refractivity (Wildman–Crippen MR) is 167 cm³/mol. The Bertz CT molecular complexity index is 1900. The Hall–Kier alpha value is -5.50. The third kappa shape index (κ3) is 5.51. The summed E-state index contributed by atoms with van der Waals surface area (Å²) >= 11 is 0. The molecule has 8 heteroatoms. The van der Waals surface area contributed by atoms with Gasteiger partial charge < -0.3 is 14.4 Å². The number of rotatable bonds is 8. The van der Waals surface area contributed by atoms with Crippen molar-refractivity contribution in [3.8, 4) is 11.8 Å². The summed E-state index contributed by atoms with van der Waals surface area (Å²) in [6.45, 7) is 2.94. The number of hydrogen-bond acceptors (Lipinski definition) is 5. The number of ether oxygens (including phenoxy) is 2. The van der Waals surface area contributed by atoms with Crippen molar-refractivity contribution < 1.29 is 23.5 Å². The van der Waals surface area contributed by atoms with Crippen molar-refractivity contribution in [3.05, 3.63) is 154 Å². The van der Waals surface area contributed by atoms with Crippen LogP contribution in [0.5, 0.6) is 11.8 Å². The lowest BCUT2D eigenvalue weighted by Crippen LogP contribution is -2.28. The van der Waals surface area contributed by atoms with Crippen LogP contribution in [0, 0.1) is 5.82 Å². The fourth-order valence-electron chi connectivity index (χ4n) is 5.94. The van der Waals surface area contributed by atoms with E-state index in [1.54, 1.807) is 46.2 Å². The molecule has 0 N–H and O–H groups in total. The van der Waals surface area contributed by atoms with Gasteiger partial charge in [-0.3, -0.25) is 14.5 Å². The molecular weight excluding hydrogens is 569 g/mol. The summed E-state index contributed by atoms with van der Waals surface area (Å²) < 4.78 is 26.6. The maximum atomic E-state index is 14.5. The first-order valence-electron chi connectivity index (χ1n) is 14.8. The number of benzene rings is 4. The first-order valence-corrected chi connectivity index (χ1v) is 14.8. The highest BCUT2D eigenvalue weighted by atomic mass is 19.1. The molecule has 0 bridgehead atoms. The van der Waals surface area contributed by atoms with Crippen LogP contribution in [0.3, 0.4) is 0 Å². The first kappa shape index (κ1) is 28.3. The number of amides is 2. The lowest BCUT2D eigenvalue weighted by Gasteiger charge is -2.22. The van der Waals surface area contributed by atoms with Crippen LogP contribution in [-0.4, -0.2) is 21.7 Å². The molecule has 2 amide bonds. The van der Waals surface area contributed by atoms with Gasteiger partial charge in [-0.25, -0.2) is 4.39 Å². The predicted octanol–water partition coefficient (Wildman–Crippen LogP) is 7.26. The van der Waals surface area contributed by atoms with Crippen LogP contribution in [0.1, 0.15) is 61.5 Å². The van der Waals surface area contributed by atoms with Gasteiger partial charge in [0.2, 0.25) is 11.8 Å². The van der Waals surface area contributed by atoms with Gasteiger partial charge in [0, 0.05) is 29.3 Å². The van der Waals surface area contributed by atoms with Crippen LogP contribution < -0.4 is 14.4 Å². The molecule has 3 heterocycles. The Morgan fingerprint density at radius 1 is 0.844 bits per heavy atom. The minimum atomic E-state index is -0.305. The fourth-order valence-corrected chi connectivity index (χ4v) is 5.94. The zero-order valence-corrected chi connectivity index (χ0v) is 24.7. The van der Waals surface area contributed by atoms with Crippen molar-refractivity contribution in [2.75, 3.05) is 4.90 Å². The average Bonchev–Trinajstić information content (AvgIpc) is 3.60. The first-order chi connectivity index (χ1) is 22.0. The summed E-state index contributed by atoms with van der Waals surface area (Å²) in [5.74, 6) is -0.0785. The van der Waals surface area contributed by atoms with Crippen LogP contribution >= 0.6 is 0 Å². The van der Waals surface area contributed by atoms with Crippen LogP contribution in [0.15, 0.2) is 109 Å². The normalized spacial score (nSPS) is 15.2. The summed E-state index contributed by atoms with van der Waals surface area (Å²) in [6, 6.07) is 32.8. The second-order valence-electron chi connectivity index (χ2n) is 11.2. The highest BCUT2D eigenvalue weighted by Gasteiger charge is 2.35. The Labute approximate surface area is 260 Å². The van der Waals surface area contributed by atoms with Crippen molar-refractivity contribution in [3.63, 3.8) is 0 Å². The molecule has 224 valence electrons. The van der Waals surface area contributed by atoms with E-state index >= 15 is 0 Å². The Kier molecular flexibility index (Phi) is 7.47. The molecule has 1 aromatic heterocycles. The number of carbonyl (C=O) groups excluding carboxylic acids is 2. The summed E-state index contributed by atoms with van der Waals surface area (Å²) in [6.07, 6.45) is 0. The molecule has 2 aliphatic heterocycles. The van der Waals surface area contributed by atoms with E-state index in [1.165, 1.54) is 6.07 Å². The molecule has 5 aromatic rings. The van der Waals surface area contributed by atoms with Crippen LogP contribution in [0.25, 0.3) is 0 Å². The average molecular weight is 600 g/mol. The summed E-state index contributed by atoms with van der Waals surface area (Å²) in [7, 11) is 0. The number of halogens is 1. The number of pyridine rings is 1. The van der Waals surface area contributed by atoms with Crippen LogP contribution in [0.2, 0.25) is 0 Å². The Morgan fingerprint density at radius 2 is 1.56 bits per heavy atom. The Balaban J connectivity index is 1.14. The molecule has 0 unspecified atom stereocenters. The second kappa shape index (κ2) is 11.9.